The molecule has 7 heteroatoms. The van der Waals surface area contributed by atoms with Crippen LogP contribution in [-0.2, 0) is 34.1 Å². The Morgan fingerprint density at radius 2 is 1.87 bits per heavy atom. The van der Waals surface area contributed by atoms with Crippen LogP contribution in [0, 0.1) is 0 Å². The van der Waals surface area contributed by atoms with Crippen LogP contribution in [0.2, 0.25) is 0 Å². The zero-order valence-corrected chi connectivity index (χ0v) is 18.4. The number of carbonyl (C=O) groups is 1. The highest BCUT2D eigenvalue weighted by Crippen LogP contribution is 2.31. The van der Waals surface area contributed by atoms with Crippen molar-refractivity contribution in [1.29, 1.82) is 0 Å². The van der Waals surface area contributed by atoms with Crippen LogP contribution in [0.4, 0.5) is 5.69 Å². The number of carbonyl (C=O) groups excluding carboxylic acids is 1. The standard InChI is InChI=1S/C23H28N2O4S/c1-3-24(4-2)30(27,28)20-8-9-21-18(16-20)6-5-12-25(21)23(26)15-17-7-10-22-19(14-17)11-13-29-22/h7-10,14,16H,3-6,11-13,15H2,1-2H3. The fraction of sp³-hybridized carbons (Fsp3) is 0.435. The smallest absolute Gasteiger partial charge is 0.243 e. The van der Waals surface area contributed by atoms with Crippen LogP contribution in [0.5, 0.6) is 5.75 Å². The predicted molar refractivity (Wildman–Crippen MR) is 117 cm³/mol. The molecule has 0 radical (unpaired) electrons. The molecule has 0 N–H and O–H groups in total. The summed E-state index contributed by atoms with van der Waals surface area (Å²) in [5.41, 5.74) is 3.89. The van der Waals surface area contributed by atoms with Crippen molar-refractivity contribution in [2.24, 2.45) is 0 Å². The van der Waals surface area contributed by atoms with Crippen molar-refractivity contribution in [3.63, 3.8) is 0 Å². The second kappa shape index (κ2) is 8.40. The molecule has 0 aromatic heterocycles. The molecule has 0 spiro atoms. The molecular formula is C23H28N2O4S. The third kappa shape index (κ3) is 3.84. The number of rotatable bonds is 6. The zero-order chi connectivity index (χ0) is 21.3. The van der Waals surface area contributed by atoms with Crippen molar-refractivity contribution < 1.29 is 17.9 Å². The maximum Gasteiger partial charge on any atom is 0.243 e. The monoisotopic (exact) mass is 428 g/mol. The van der Waals surface area contributed by atoms with Gasteiger partial charge in [-0.15, -0.1) is 0 Å². The third-order valence-corrected chi connectivity index (χ3v) is 7.97. The maximum atomic E-state index is 13.1. The lowest BCUT2D eigenvalue weighted by molar-refractivity contribution is -0.118. The molecule has 4 rings (SSSR count). The van der Waals surface area contributed by atoms with Gasteiger partial charge in [0.15, 0.2) is 0 Å². The van der Waals surface area contributed by atoms with E-state index in [1.165, 1.54) is 4.31 Å². The lowest BCUT2D eigenvalue weighted by Gasteiger charge is -2.30. The molecule has 0 atom stereocenters. The molecule has 1 amide bonds. The fourth-order valence-electron chi connectivity index (χ4n) is 4.33. The lowest BCUT2D eigenvalue weighted by atomic mass is 10.00. The van der Waals surface area contributed by atoms with Crippen LogP contribution < -0.4 is 9.64 Å². The predicted octanol–water partition coefficient (Wildman–Crippen LogP) is 3.17. The first kappa shape index (κ1) is 20.9. The van der Waals surface area contributed by atoms with E-state index < -0.39 is 10.0 Å². The third-order valence-electron chi connectivity index (χ3n) is 5.92. The number of amides is 1. The zero-order valence-electron chi connectivity index (χ0n) is 17.6. The van der Waals surface area contributed by atoms with E-state index in [-0.39, 0.29) is 5.91 Å². The highest BCUT2D eigenvalue weighted by molar-refractivity contribution is 7.89. The van der Waals surface area contributed by atoms with Gasteiger partial charge in [-0.2, -0.15) is 4.31 Å². The van der Waals surface area contributed by atoms with Crippen LogP contribution >= 0.6 is 0 Å². The van der Waals surface area contributed by atoms with Gasteiger partial charge >= 0.3 is 0 Å². The van der Waals surface area contributed by atoms with Crippen molar-refractivity contribution in [3.8, 4) is 5.75 Å². The topological polar surface area (TPSA) is 66.9 Å². The SMILES string of the molecule is CCN(CC)S(=O)(=O)c1ccc2c(c1)CCCN2C(=O)Cc1ccc2c(c1)CCO2. The number of anilines is 1. The molecule has 2 aromatic rings. The van der Waals surface area contributed by atoms with Gasteiger partial charge in [-0.3, -0.25) is 4.79 Å². The molecule has 2 aliphatic rings. The number of hydrogen-bond acceptors (Lipinski definition) is 4. The minimum atomic E-state index is -3.51. The summed E-state index contributed by atoms with van der Waals surface area (Å²) in [4.78, 5) is 15.2. The first-order valence-electron chi connectivity index (χ1n) is 10.6. The Balaban J connectivity index is 1.57. The van der Waals surface area contributed by atoms with E-state index in [0.717, 1.165) is 47.4 Å². The van der Waals surface area contributed by atoms with Gasteiger partial charge in [0.2, 0.25) is 15.9 Å². The van der Waals surface area contributed by atoms with Gasteiger partial charge in [0, 0.05) is 31.7 Å². The van der Waals surface area contributed by atoms with Crippen LogP contribution in [0.15, 0.2) is 41.3 Å². The molecule has 2 aromatic carbocycles. The molecule has 0 unspecified atom stereocenters. The van der Waals surface area contributed by atoms with Gasteiger partial charge in [-0.05, 0) is 53.8 Å². The Kier molecular flexibility index (Phi) is 5.84. The Morgan fingerprint density at radius 1 is 1.07 bits per heavy atom. The van der Waals surface area contributed by atoms with Crippen LogP contribution in [0.1, 0.15) is 37.0 Å². The molecule has 0 bridgehead atoms. The average molecular weight is 429 g/mol. The number of fused-ring (bicyclic) bond motifs is 2. The first-order chi connectivity index (χ1) is 14.4. The van der Waals surface area contributed by atoms with Crippen molar-refractivity contribution >= 4 is 21.6 Å². The Hall–Kier alpha value is -2.38. The maximum absolute atomic E-state index is 13.1. The number of ether oxygens (including phenoxy) is 1. The van der Waals surface area contributed by atoms with E-state index in [2.05, 4.69) is 6.07 Å². The summed E-state index contributed by atoms with van der Waals surface area (Å²) < 4.78 is 32.7. The summed E-state index contributed by atoms with van der Waals surface area (Å²) in [6.45, 7) is 5.90. The molecule has 30 heavy (non-hydrogen) atoms. The molecule has 0 saturated heterocycles. The van der Waals surface area contributed by atoms with Crippen LogP contribution in [0.3, 0.4) is 0 Å². The summed E-state index contributed by atoms with van der Waals surface area (Å²) >= 11 is 0. The lowest BCUT2D eigenvalue weighted by Crippen LogP contribution is -2.37. The normalized spacial score (nSPS) is 15.6. The summed E-state index contributed by atoms with van der Waals surface area (Å²) in [6.07, 6.45) is 2.81. The molecule has 0 saturated carbocycles. The summed E-state index contributed by atoms with van der Waals surface area (Å²) in [6, 6.07) is 11.1. The minimum Gasteiger partial charge on any atom is -0.493 e. The highest BCUT2D eigenvalue weighted by Gasteiger charge is 2.27. The fourth-order valence-corrected chi connectivity index (χ4v) is 5.83. The molecule has 2 aliphatic heterocycles. The van der Waals surface area contributed by atoms with Crippen molar-refractivity contribution in [1.82, 2.24) is 4.31 Å². The largest absolute Gasteiger partial charge is 0.493 e. The van der Waals surface area contributed by atoms with Gasteiger partial charge in [0.1, 0.15) is 5.75 Å². The summed E-state index contributed by atoms with van der Waals surface area (Å²) in [7, 11) is -3.51. The van der Waals surface area contributed by atoms with Gasteiger partial charge in [-0.25, -0.2) is 8.42 Å². The summed E-state index contributed by atoms with van der Waals surface area (Å²) in [5, 5.41) is 0. The number of benzene rings is 2. The Labute approximate surface area is 178 Å². The molecule has 160 valence electrons. The Morgan fingerprint density at radius 3 is 2.63 bits per heavy atom. The summed E-state index contributed by atoms with van der Waals surface area (Å²) in [5.74, 6) is 0.950. The quantitative estimate of drug-likeness (QED) is 0.709. The van der Waals surface area contributed by atoms with Gasteiger partial charge in [0.05, 0.1) is 17.9 Å². The van der Waals surface area contributed by atoms with E-state index in [0.29, 0.717) is 37.6 Å². The molecule has 0 aliphatic carbocycles. The number of aryl methyl sites for hydroxylation is 1. The van der Waals surface area contributed by atoms with Crippen molar-refractivity contribution in [2.75, 3.05) is 31.1 Å². The molecule has 2 heterocycles. The number of hydrogen-bond donors (Lipinski definition) is 0. The van der Waals surface area contributed by atoms with Crippen molar-refractivity contribution in [2.45, 2.75) is 44.4 Å². The molecule has 6 nitrogen and oxygen atoms in total. The van der Waals surface area contributed by atoms with Crippen LogP contribution in [0.25, 0.3) is 0 Å². The van der Waals surface area contributed by atoms with E-state index in [4.69, 9.17) is 4.74 Å². The van der Waals surface area contributed by atoms with E-state index >= 15 is 0 Å². The highest BCUT2D eigenvalue weighted by atomic mass is 32.2. The van der Waals surface area contributed by atoms with Crippen LogP contribution in [-0.4, -0.2) is 44.9 Å². The first-order valence-corrected chi connectivity index (χ1v) is 12.1. The van der Waals surface area contributed by atoms with E-state index in [9.17, 15) is 13.2 Å². The van der Waals surface area contributed by atoms with Gasteiger partial charge in [-0.1, -0.05) is 26.0 Å². The second-order valence-corrected chi connectivity index (χ2v) is 9.68. The molecule has 0 fully saturated rings. The number of sulfonamides is 1. The van der Waals surface area contributed by atoms with E-state index in [1.807, 2.05) is 26.0 Å². The minimum absolute atomic E-state index is 0.0363. The second-order valence-electron chi connectivity index (χ2n) is 7.75. The van der Waals surface area contributed by atoms with E-state index in [1.54, 1.807) is 23.1 Å². The molecular weight excluding hydrogens is 400 g/mol. The van der Waals surface area contributed by atoms with Gasteiger partial charge in [0.25, 0.3) is 0 Å². The van der Waals surface area contributed by atoms with Crippen molar-refractivity contribution in [3.05, 3.63) is 53.1 Å². The number of nitrogens with zero attached hydrogens (tertiary/aromatic N) is 2. The van der Waals surface area contributed by atoms with Gasteiger partial charge < -0.3 is 9.64 Å². The average Bonchev–Trinajstić information content (AvgIpc) is 3.21. The Bertz CT molecular complexity index is 1060.